The van der Waals surface area contributed by atoms with Gasteiger partial charge in [0.1, 0.15) is 0 Å². The third-order valence-electron chi connectivity index (χ3n) is 2.75. The van der Waals surface area contributed by atoms with Crippen molar-refractivity contribution in [1.82, 2.24) is 0 Å². The van der Waals surface area contributed by atoms with Gasteiger partial charge in [-0.25, -0.2) is 0 Å². The first kappa shape index (κ1) is 14.9. The molecule has 0 spiro atoms. The zero-order valence-corrected chi connectivity index (χ0v) is 13.6. The van der Waals surface area contributed by atoms with E-state index in [1.165, 1.54) is 0 Å². The molecule has 0 heterocycles. The minimum absolute atomic E-state index is 0.132. The smallest absolute Gasteiger partial charge is 0.241 e. The molecule has 1 rings (SSSR count). The lowest BCUT2D eigenvalue weighted by atomic mass is 9.99. The molecular formula is C12H16BrIN2O. The highest BCUT2D eigenvalue weighted by molar-refractivity contribution is 14.1. The normalized spacial score (nSPS) is 14.2. The van der Waals surface area contributed by atoms with Crippen molar-refractivity contribution >= 4 is 50.1 Å². The average molecular weight is 411 g/mol. The Bertz CT molecular complexity index is 411. The van der Waals surface area contributed by atoms with E-state index in [-0.39, 0.29) is 11.8 Å². The van der Waals surface area contributed by atoms with Crippen LogP contribution in [0.3, 0.4) is 0 Å². The summed E-state index contributed by atoms with van der Waals surface area (Å²) in [5.74, 6) is 0.0507. The van der Waals surface area contributed by atoms with Gasteiger partial charge in [-0.05, 0) is 62.6 Å². The van der Waals surface area contributed by atoms with Crippen LogP contribution < -0.4 is 11.1 Å². The minimum atomic E-state index is -0.460. The van der Waals surface area contributed by atoms with Crippen LogP contribution in [0.1, 0.15) is 20.3 Å². The second kappa shape index (κ2) is 6.70. The molecule has 0 aromatic heterocycles. The number of nitrogens with one attached hydrogen (secondary N) is 1. The Kier molecular flexibility index (Phi) is 5.88. The van der Waals surface area contributed by atoms with Crippen LogP contribution in [-0.2, 0) is 4.79 Å². The molecule has 0 aliphatic rings. The maximum atomic E-state index is 11.9. The van der Waals surface area contributed by atoms with Crippen molar-refractivity contribution in [2.75, 3.05) is 5.32 Å². The molecule has 0 saturated carbocycles. The number of carbonyl (C=O) groups is 1. The van der Waals surface area contributed by atoms with E-state index in [9.17, 15) is 4.79 Å². The van der Waals surface area contributed by atoms with E-state index in [2.05, 4.69) is 43.8 Å². The summed E-state index contributed by atoms with van der Waals surface area (Å²) in [6.45, 7) is 4.01. The van der Waals surface area contributed by atoms with Crippen LogP contribution >= 0.6 is 38.5 Å². The molecule has 17 heavy (non-hydrogen) atoms. The summed E-state index contributed by atoms with van der Waals surface area (Å²) in [5, 5.41) is 2.83. The van der Waals surface area contributed by atoms with Crippen molar-refractivity contribution < 1.29 is 4.79 Å². The topological polar surface area (TPSA) is 55.1 Å². The molecule has 3 N–H and O–H groups in total. The Morgan fingerprint density at radius 3 is 2.76 bits per heavy atom. The van der Waals surface area contributed by atoms with Gasteiger partial charge in [0.2, 0.25) is 5.91 Å². The van der Waals surface area contributed by atoms with Crippen LogP contribution in [0.5, 0.6) is 0 Å². The molecule has 0 saturated heterocycles. The van der Waals surface area contributed by atoms with Gasteiger partial charge in [-0.2, -0.15) is 0 Å². The lowest BCUT2D eigenvalue weighted by molar-refractivity contribution is -0.118. The van der Waals surface area contributed by atoms with Gasteiger partial charge in [0.05, 0.1) is 6.04 Å². The molecule has 1 amide bonds. The Morgan fingerprint density at radius 1 is 1.59 bits per heavy atom. The molecule has 5 heteroatoms. The summed E-state index contributed by atoms with van der Waals surface area (Å²) >= 11 is 5.65. The summed E-state index contributed by atoms with van der Waals surface area (Å²) in [6, 6.07) is 5.23. The molecule has 0 aliphatic carbocycles. The van der Waals surface area contributed by atoms with Crippen molar-refractivity contribution in [2.45, 2.75) is 26.3 Å². The first-order valence-electron chi connectivity index (χ1n) is 5.47. The summed E-state index contributed by atoms with van der Waals surface area (Å²) in [6.07, 6.45) is 0.894. The van der Waals surface area contributed by atoms with Crippen LogP contribution in [0.25, 0.3) is 0 Å². The van der Waals surface area contributed by atoms with Crippen molar-refractivity contribution in [3.05, 3.63) is 26.2 Å². The van der Waals surface area contributed by atoms with Crippen LogP contribution in [0.4, 0.5) is 5.69 Å². The molecule has 2 atom stereocenters. The zero-order valence-electron chi connectivity index (χ0n) is 9.84. The maximum Gasteiger partial charge on any atom is 0.241 e. The molecule has 0 aliphatic heterocycles. The predicted octanol–water partition coefficient (Wildman–Crippen LogP) is 3.37. The molecule has 0 radical (unpaired) electrons. The molecule has 94 valence electrons. The lowest BCUT2D eigenvalue weighted by Crippen LogP contribution is -2.40. The van der Waals surface area contributed by atoms with E-state index in [1.54, 1.807) is 0 Å². The first-order chi connectivity index (χ1) is 7.95. The van der Waals surface area contributed by atoms with Gasteiger partial charge in [0.15, 0.2) is 0 Å². The summed E-state index contributed by atoms with van der Waals surface area (Å²) in [4.78, 5) is 11.9. The fourth-order valence-electron chi connectivity index (χ4n) is 1.31. The van der Waals surface area contributed by atoms with Gasteiger partial charge in [-0.15, -0.1) is 0 Å². The molecule has 3 nitrogen and oxygen atoms in total. The van der Waals surface area contributed by atoms with Crippen LogP contribution in [0.2, 0.25) is 0 Å². The van der Waals surface area contributed by atoms with Crippen molar-refractivity contribution in [1.29, 1.82) is 0 Å². The number of rotatable bonds is 4. The maximum absolute atomic E-state index is 11.9. The largest absolute Gasteiger partial charge is 0.325 e. The van der Waals surface area contributed by atoms with Gasteiger partial charge in [-0.1, -0.05) is 20.3 Å². The number of halogens is 2. The summed E-state index contributed by atoms with van der Waals surface area (Å²) in [7, 11) is 0. The monoisotopic (exact) mass is 410 g/mol. The molecule has 2 unspecified atom stereocenters. The van der Waals surface area contributed by atoms with E-state index in [0.717, 1.165) is 20.2 Å². The van der Waals surface area contributed by atoms with E-state index in [1.807, 2.05) is 32.0 Å². The van der Waals surface area contributed by atoms with Gasteiger partial charge in [-0.3, -0.25) is 4.79 Å². The number of hydrogen-bond acceptors (Lipinski definition) is 2. The van der Waals surface area contributed by atoms with E-state index >= 15 is 0 Å². The number of anilines is 1. The quantitative estimate of drug-likeness (QED) is 0.747. The van der Waals surface area contributed by atoms with Crippen molar-refractivity contribution in [3.63, 3.8) is 0 Å². The number of amides is 1. The van der Waals surface area contributed by atoms with Crippen LogP contribution in [0, 0.1) is 9.49 Å². The van der Waals surface area contributed by atoms with Crippen LogP contribution in [-0.4, -0.2) is 11.9 Å². The number of benzene rings is 1. The number of hydrogen-bond donors (Lipinski definition) is 2. The SMILES string of the molecule is CCC(C)C(N)C(=O)Nc1ccc(I)c(Br)c1. The molecule has 0 bridgehead atoms. The second-order valence-electron chi connectivity index (χ2n) is 4.03. The van der Waals surface area contributed by atoms with Crippen LogP contribution in [0.15, 0.2) is 22.7 Å². The third-order valence-corrected chi connectivity index (χ3v) is 5.08. The van der Waals surface area contributed by atoms with Gasteiger partial charge < -0.3 is 11.1 Å². The van der Waals surface area contributed by atoms with Gasteiger partial charge >= 0.3 is 0 Å². The van der Waals surface area contributed by atoms with Crippen molar-refractivity contribution in [3.8, 4) is 0 Å². The number of carbonyl (C=O) groups excluding carboxylic acids is 1. The van der Waals surface area contributed by atoms with Crippen molar-refractivity contribution in [2.24, 2.45) is 11.7 Å². The molecular weight excluding hydrogens is 395 g/mol. The highest BCUT2D eigenvalue weighted by Crippen LogP contribution is 2.23. The fourth-order valence-corrected chi connectivity index (χ4v) is 2.03. The van der Waals surface area contributed by atoms with Gasteiger partial charge in [0, 0.05) is 13.7 Å². The van der Waals surface area contributed by atoms with E-state index in [0.29, 0.717) is 0 Å². The highest BCUT2D eigenvalue weighted by atomic mass is 127. The molecule has 1 aromatic carbocycles. The second-order valence-corrected chi connectivity index (χ2v) is 6.05. The Morgan fingerprint density at radius 2 is 2.24 bits per heavy atom. The summed E-state index contributed by atoms with van der Waals surface area (Å²) < 4.78 is 2.07. The van der Waals surface area contributed by atoms with E-state index in [4.69, 9.17) is 5.73 Å². The number of nitrogens with two attached hydrogens (primary N) is 1. The van der Waals surface area contributed by atoms with Gasteiger partial charge in [0.25, 0.3) is 0 Å². The predicted molar refractivity (Wildman–Crippen MR) is 82.9 cm³/mol. The van der Waals surface area contributed by atoms with E-state index < -0.39 is 6.04 Å². The Hall–Kier alpha value is -0.140. The average Bonchev–Trinajstić information content (AvgIpc) is 2.31. The minimum Gasteiger partial charge on any atom is -0.325 e. The lowest BCUT2D eigenvalue weighted by Gasteiger charge is -2.17. The molecule has 1 aromatic rings. The first-order valence-corrected chi connectivity index (χ1v) is 7.34. The Balaban J connectivity index is 2.71. The summed E-state index contributed by atoms with van der Waals surface area (Å²) in [5.41, 5.74) is 6.63. The fraction of sp³-hybridized carbons (Fsp3) is 0.417. The zero-order chi connectivity index (χ0) is 13.0. The third kappa shape index (κ3) is 4.22. The highest BCUT2D eigenvalue weighted by Gasteiger charge is 2.19. The Labute approximate surface area is 124 Å². The molecule has 0 fully saturated rings. The standard InChI is InChI=1S/C12H16BrIN2O/c1-3-7(2)11(15)12(17)16-8-4-5-10(14)9(13)6-8/h4-7,11H,3,15H2,1-2H3,(H,16,17).